The van der Waals surface area contributed by atoms with Crippen LogP contribution in [-0.2, 0) is 6.54 Å². The predicted molar refractivity (Wildman–Crippen MR) is 115 cm³/mol. The lowest BCUT2D eigenvalue weighted by molar-refractivity contribution is 0.102. The number of carbonyl (C=O) groups excluding carboxylic acids is 1. The molecular weight excluding hydrogens is 392 g/mol. The molecule has 2 aromatic heterocycles. The van der Waals surface area contributed by atoms with E-state index in [-0.39, 0.29) is 5.78 Å². The van der Waals surface area contributed by atoms with Gasteiger partial charge in [0.1, 0.15) is 0 Å². The van der Waals surface area contributed by atoms with Gasteiger partial charge in [-0.25, -0.2) is 0 Å². The zero-order chi connectivity index (χ0) is 20.4. The average molecular weight is 417 g/mol. The molecular formula is C21H25ClN4OS. The van der Waals surface area contributed by atoms with Crippen molar-refractivity contribution in [2.75, 3.05) is 5.75 Å². The van der Waals surface area contributed by atoms with Crippen molar-refractivity contribution < 1.29 is 4.79 Å². The highest BCUT2D eigenvalue weighted by atomic mass is 35.5. The quantitative estimate of drug-likeness (QED) is 0.372. The number of aromatic nitrogens is 4. The van der Waals surface area contributed by atoms with Gasteiger partial charge in [0.25, 0.3) is 0 Å². The molecule has 0 saturated heterocycles. The summed E-state index contributed by atoms with van der Waals surface area (Å²) in [6.07, 6.45) is 0. The largest absolute Gasteiger partial charge is 0.346 e. The summed E-state index contributed by atoms with van der Waals surface area (Å²) in [6.45, 7) is 11.1. The fraction of sp³-hybridized carbons (Fsp3) is 0.381. The second kappa shape index (κ2) is 8.53. The third-order valence-corrected chi connectivity index (χ3v) is 5.95. The molecule has 0 atom stereocenters. The molecule has 0 amide bonds. The Morgan fingerprint density at radius 2 is 1.96 bits per heavy atom. The van der Waals surface area contributed by atoms with E-state index in [1.807, 2.05) is 55.7 Å². The maximum Gasteiger partial charge on any atom is 0.191 e. The lowest BCUT2D eigenvalue weighted by atomic mass is 10.2. The number of benzene rings is 1. The van der Waals surface area contributed by atoms with Crippen LogP contribution in [0.15, 0.2) is 35.5 Å². The van der Waals surface area contributed by atoms with Crippen molar-refractivity contribution in [3.05, 3.63) is 52.3 Å². The smallest absolute Gasteiger partial charge is 0.191 e. The third kappa shape index (κ3) is 4.03. The maximum atomic E-state index is 12.8. The molecule has 0 aliphatic carbocycles. The molecule has 2 heterocycles. The van der Waals surface area contributed by atoms with Gasteiger partial charge in [0.05, 0.1) is 5.75 Å². The van der Waals surface area contributed by atoms with Crippen molar-refractivity contribution in [3.8, 4) is 11.4 Å². The van der Waals surface area contributed by atoms with Crippen LogP contribution in [0.2, 0.25) is 5.02 Å². The number of halogens is 1. The van der Waals surface area contributed by atoms with Gasteiger partial charge in [-0.3, -0.25) is 4.79 Å². The number of rotatable bonds is 7. The Morgan fingerprint density at radius 1 is 1.21 bits per heavy atom. The summed E-state index contributed by atoms with van der Waals surface area (Å²) in [7, 11) is 0. The van der Waals surface area contributed by atoms with Gasteiger partial charge >= 0.3 is 0 Å². The number of hydrogen-bond donors (Lipinski definition) is 0. The van der Waals surface area contributed by atoms with Crippen molar-refractivity contribution in [3.63, 3.8) is 0 Å². The van der Waals surface area contributed by atoms with Gasteiger partial charge in [-0.05, 0) is 52.8 Å². The standard InChI is InChI=1S/C21H25ClN4OS/c1-6-25-20(16-8-7-9-17(22)11-16)23-24-21(25)28-12-19(27)18-10-14(4)26(13(2)3)15(18)5/h7-11,13H,6,12H2,1-5H3. The SMILES string of the molecule is CCn1c(SCC(=O)c2cc(C)n(C(C)C)c2C)nnc1-c1cccc(Cl)c1. The highest BCUT2D eigenvalue weighted by Crippen LogP contribution is 2.27. The Hall–Kier alpha value is -2.05. The molecule has 3 rings (SSSR count). The monoisotopic (exact) mass is 416 g/mol. The summed E-state index contributed by atoms with van der Waals surface area (Å²) >= 11 is 7.53. The van der Waals surface area contributed by atoms with Crippen LogP contribution in [0.3, 0.4) is 0 Å². The van der Waals surface area contributed by atoms with E-state index in [9.17, 15) is 4.79 Å². The molecule has 1 aromatic carbocycles. The molecule has 28 heavy (non-hydrogen) atoms. The molecule has 0 N–H and O–H groups in total. The Bertz CT molecular complexity index is 1010. The van der Waals surface area contributed by atoms with E-state index in [2.05, 4.69) is 28.6 Å². The van der Waals surface area contributed by atoms with Gasteiger partial charge in [-0.15, -0.1) is 10.2 Å². The molecule has 0 aliphatic rings. The molecule has 0 unspecified atom stereocenters. The maximum absolute atomic E-state index is 12.8. The summed E-state index contributed by atoms with van der Waals surface area (Å²) in [6, 6.07) is 9.88. The molecule has 0 fully saturated rings. The number of thioether (sulfide) groups is 1. The molecule has 7 heteroatoms. The fourth-order valence-corrected chi connectivity index (χ4v) is 4.66. The lowest BCUT2D eigenvalue weighted by Gasteiger charge is -2.13. The molecule has 0 radical (unpaired) electrons. The average Bonchev–Trinajstić information content (AvgIpc) is 3.19. The highest BCUT2D eigenvalue weighted by Gasteiger charge is 2.19. The molecule has 148 valence electrons. The Balaban J connectivity index is 1.80. The molecule has 0 bridgehead atoms. The van der Waals surface area contributed by atoms with Crippen molar-refractivity contribution in [1.29, 1.82) is 0 Å². The molecule has 3 aromatic rings. The molecule has 5 nitrogen and oxygen atoms in total. The summed E-state index contributed by atoms with van der Waals surface area (Å²) in [4.78, 5) is 12.8. The van der Waals surface area contributed by atoms with Gasteiger partial charge < -0.3 is 9.13 Å². The van der Waals surface area contributed by atoms with Gasteiger partial charge in [0.2, 0.25) is 0 Å². The van der Waals surface area contributed by atoms with Crippen molar-refractivity contribution >= 4 is 29.1 Å². The van der Waals surface area contributed by atoms with E-state index in [0.717, 1.165) is 33.5 Å². The zero-order valence-corrected chi connectivity index (χ0v) is 18.4. The van der Waals surface area contributed by atoms with Gasteiger partial charge in [0, 0.05) is 40.1 Å². The summed E-state index contributed by atoms with van der Waals surface area (Å²) in [5.41, 5.74) is 3.84. The number of nitrogens with zero attached hydrogens (tertiary/aromatic N) is 4. The molecule has 0 spiro atoms. The van der Waals surface area contributed by atoms with Crippen LogP contribution in [0.1, 0.15) is 48.6 Å². The topological polar surface area (TPSA) is 52.7 Å². The number of ketones is 1. The van der Waals surface area contributed by atoms with Crippen molar-refractivity contribution in [1.82, 2.24) is 19.3 Å². The van der Waals surface area contributed by atoms with Gasteiger partial charge in [0.15, 0.2) is 16.8 Å². The Labute approximate surface area is 175 Å². The predicted octanol–water partition coefficient (Wildman–Crippen LogP) is 5.59. The minimum absolute atomic E-state index is 0.111. The van der Waals surface area contributed by atoms with Gasteiger partial charge in [-0.1, -0.05) is 35.5 Å². The van der Waals surface area contributed by atoms with E-state index in [0.29, 0.717) is 23.4 Å². The van der Waals surface area contributed by atoms with Crippen LogP contribution < -0.4 is 0 Å². The van der Waals surface area contributed by atoms with Crippen LogP contribution in [0, 0.1) is 13.8 Å². The highest BCUT2D eigenvalue weighted by molar-refractivity contribution is 7.99. The van der Waals surface area contributed by atoms with E-state index in [1.54, 1.807) is 0 Å². The number of carbonyl (C=O) groups is 1. The minimum Gasteiger partial charge on any atom is -0.346 e. The number of Topliss-reactive ketones (excluding diaryl/α,β-unsaturated/α-hetero) is 1. The van der Waals surface area contributed by atoms with E-state index >= 15 is 0 Å². The Morgan fingerprint density at radius 3 is 2.57 bits per heavy atom. The first-order chi connectivity index (χ1) is 13.3. The van der Waals surface area contributed by atoms with E-state index in [1.165, 1.54) is 11.8 Å². The van der Waals surface area contributed by atoms with Crippen LogP contribution >= 0.6 is 23.4 Å². The third-order valence-electron chi connectivity index (χ3n) is 4.75. The zero-order valence-electron chi connectivity index (χ0n) is 16.9. The van der Waals surface area contributed by atoms with E-state index < -0.39 is 0 Å². The second-order valence-corrected chi connectivity index (χ2v) is 8.40. The number of hydrogen-bond acceptors (Lipinski definition) is 4. The first-order valence-electron chi connectivity index (χ1n) is 9.37. The van der Waals surface area contributed by atoms with Crippen molar-refractivity contribution in [2.24, 2.45) is 0 Å². The fourth-order valence-electron chi connectivity index (χ4n) is 3.58. The van der Waals surface area contributed by atoms with Crippen molar-refractivity contribution in [2.45, 2.75) is 52.4 Å². The van der Waals surface area contributed by atoms with Crippen LogP contribution in [0.25, 0.3) is 11.4 Å². The summed E-state index contributed by atoms with van der Waals surface area (Å²) in [5.74, 6) is 1.20. The summed E-state index contributed by atoms with van der Waals surface area (Å²) < 4.78 is 4.21. The lowest BCUT2D eigenvalue weighted by Crippen LogP contribution is -2.09. The Kier molecular flexibility index (Phi) is 6.30. The second-order valence-electron chi connectivity index (χ2n) is 7.02. The first-order valence-corrected chi connectivity index (χ1v) is 10.7. The van der Waals surface area contributed by atoms with Gasteiger partial charge in [-0.2, -0.15) is 0 Å². The minimum atomic E-state index is 0.111. The normalized spacial score (nSPS) is 11.4. The van der Waals surface area contributed by atoms with E-state index in [4.69, 9.17) is 11.6 Å². The molecule has 0 aliphatic heterocycles. The van der Waals surface area contributed by atoms with Crippen LogP contribution in [0.4, 0.5) is 0 Å². The van der Waals surface area contributed by atoms with Crippen LogP contribution in [-0.4, -0.2) is 30.9 Å². The first kappa shape index (κ1) is 20.7. The summed E-state index contributed by atoms with van der Waals surface area (Å²) in [5, 5.41) is 10.0. The van der Waals surface area contributed by atoms with Crippen LogP contribution in [0.5, 0.6) is 0 Å². The molecule has 0 saturated carbocycles. The number of aryl methyl sites for hydroxylation is 1.